The minimum atomic E-state index is -0.521. The lowest BCUT2D eigenvalue weighted by Gasteiger charge is -2.22. The van der Waals surface area contributed by atoms with Gasteiger partial charge in [0, 0.05) is 53.1 Å². The summed E-state index contributed by atoms with van der Waals surface area (Å²) >= 11 is 5.96. The topological polar surface area (TPSA) is 97.1 Å². The monoisotopic (exact) mass is 480 g/mol. The Hall–Kier alpha value is -3.91. The number of ether oxygens (including phenoxy) is 1. The zero-order valence-electron chi connectivity index (χ0n) is 18.9. The molecule has 176 valence electrons. The molecule has 34 heavy (non-hydrogen) atoms. The first-order valence-electron chi connectivity index (χ1n) is 10.7. The first-order chi connectivity index (χ1) is 16.4. The van der Waals surface area contributed by atoms with Crippen LogP contribution in [0.1, 0.15) is 35.3 Å². The standard InChI is InChI=1S/C25H25ClN4O4/c1-3-29(4-2)23-14-9-20(24(15-23)34-17-18-5-10-21(26)11-6-18)16-27-28-25(31)19-7-12-22(13-8-19)30(32)33/h5-16H,3-4,17H2,1-2H3,(H,28,31). The van der Waals surface area contributed by atoms with Crippen LogP contribution in [0.5, 0.6) is 5.75 Å². The van der Waals surface area contributed by atoms with E-state index in [9.17, 15) is 14.9 Å². The smallest absolute Gasteiger partial charge is 0.271 e. The molecule has 0 unspecified atom stereocenters. The number of hydrogen-bond acceptors (Lipinski definition) is 6. The third kappa shape index (κ3) is 6.55. The van der Waals surface area contributed by atoms with Crippen molar-refractivity contribution in [2.75, 3.05) is 18.0 Å². The molecule has 3 aromatic carbocycles. The van der Waals surface area contributed by atoms with Crippen molar-refractivity contribution in [1.29, 1.82) is 0 Å². The van der Waals surface area contributed by atoms with Crippen LogP contribution in [0.25, 0.3) is 0 Å². The summed E-state index contributed by atoms with van der Waals surface area (Å²) in [4.78, 5) is 24.8. The average Bonchev–Trinajstić information content (AvgIpc) is 2.85. The number of non-ortho nitro benzene ring substituents is 1. The number of anilines is 1. The van der Waals surface area contributed by atoms with Crippen molar-refractivity contribution in [1.82, 2.24) is 5.43 Å². The molecule has 0 radical (unpaired) electrons. The summed E-state index contributed by atoms with van der Waals surface area (Å²) in [6.07, 6.45) is 1.51. The maximum Gasteiger partial charge on any atom is 0.271 e. The van der Waals surface area contributed by atoms with Crippen molar-refractivity contribution in [2.24, 2.45) is 5.10 Å². The Bertz CT molecular complexity index is 1160. The number of carbonyl (C=O) groups is 1. The van der Waals surface area contributed by atoms with E-state index < -0.39 is 10.8 Å². The van der Waals surface area contributed by atoms with Crippen LogP contribution in [0.2, 0.25) is 5.02 Å². The molecule has 0 bridgehead atoms. The third-order valence-electron chi connectivity index (χ3n) is 5.14. The van der Waals surface area contributed by atoms with E-state index in [1.807, 2.05) is 42.5 Å². The number of hydrogen-bond donors (Lipinski definition) is 1. The maximum atomic E-state index is 12.3. The highest BCUT2D eigenvalue weighted by Crippen LogP contribution is 2.26. The molecule has 3 aromatic rings. The van der Waals surface area contributed by atoms with Crippen LogP contribution in [-0.4, -0.2) is 30.1 Å². The van der Waals surface area contributed by atoms with Crippen LogP contribution in [0.15, 0.2) is 71.8 Å². The van der Waals surface area contributed by atoms with Gasteiger partial charge in [0.1, 0.15) is 12.4 Å². The Kier molecular flexibility index (Phi) is 8.59. The van der Waals surface area contributed by atoms with Crippen LogP contribution >= 0.6 is 11.6 Å². The Balaban J connectivity index is 1.76. The fourth-order valence-corrected chi connectivity index (χ4v) is 3.37. The number of nitrogens with zero attached hydrogens (tertiary/aromatic N) is 3. The van der Waals surface area contributed by atoms with E-state index in [1.54, 1.807) is 0 Å². The van der Waals surface area contributed by atoms with E-state index in [-0.39, 0.29) is 11.3 Å². The molecule has 0 saturated heterocycles. The van der Waals surface area contributed by atoms with E-state index in [2.05, 4.69) is 29.3 Å². The second kappa shape index (κ2) is 11.8. The highest BCUT2D eigenvalue weighted by molar-refractivity contribution is 6.30. The first-order valence-corrected chi connectivity index (χ1v) is 11.1. The summed E-state index contributed by atoms with van der Waals surface area (Å²) < 4.78 is 6.08. The number of nitro groups is 1. The molecule has 3 rings (SSSR count). The van der Waals surface area contributed by atoms with Crippen molar-refractivity contribution < 1.29 is 14.5 Å². The lowest BCUT2D eigenvalue weighted by atomic mass is 10.1. The number of nitro benzene ring substituents is 1. The largest absolute Gasteiger partial charge is 0.488 e. The number of hydrazone groups is 1. The van der Waals surface area contributed by atoms with E-state index in [0.717, 1.165) is 24.3 Å². The van der Waals surface area contributed by atoms with Crippen molar-refractivity contribution >= 4 is 35.1 Å². The van der Waals surface area contributed by atoms with Gasteiger partial charge in [0.05, 0.1) is 11.1 Å². The summed E-state index contributed by atoms with van der Waals surface area (Å²) in [6.45, 7) is 6.22. The predicted molar refractivity (Wildman–Crippen MR) is 134 cm³/mol. The summed E-state index contributed by atoms with van der Waals surface area (Å²) in [7, 11) is 0. The normalized spacial score (nSPS) is 10.8. The molecule has 0 fully saturated rings. The molecule has 1 amide bonds. The number of rotatable bonds is 10. The highest BCUT2D eigenvalue weighted by atomic mass is 35.5. The zero-order valence-corrected chi connectivity index (χ0v) is 19.7. The van der Waals surface area contributed by atoms with E-state index in [4.69, 9.17) is 16.3 Å². The van der Waals surface area contributed by atoms with E-state index in [0.29, 0.717) is 22.9 Å². The van der Waals surface area contributed by atoms with Gasteiger partial charge in [0.15, 0.2) is 0 Å². The SMILES string of the molecule is CCN(CC)c1ccc(C=NNC(=O)c2ccc([N+](=O)[O-])cc2)c(OCc2ccc(Cl)cc2)c1. The van der Waals surface area contributed by atoms with Gasteiger partial charge in [0.2, 0.25) is 0 Å². The van der Waals surface area contributed by atoms with Crippen molar-refractivity contribution in [3.8, 4) is 5.75 Å². The van der Waals surface area contributed by atoms with Crippen LogP contribution < -0.4 is 15.1 Å². The number of halogens is 1. The molecular formula is C25H25ClN4O4. The van der Waals surface area contributed by atoms with Gasteiger partial charge in [0.25, 0.3) is 11.6 Å². The van der Waals surface area contributed by atoms with Gasteiger partial charge in [-0.05, 0) is 55.8 Å². The molecule has 0 heterocycles. The van der Waals surface area contributed by atoms with E-state index in [1.165, 1.54) is 30.5 Å². The lowest BCUT2D eigenvalue weighted by molar-refractivity contribution is -0.384. The summed E-state index contributed by atoms with van der Waals surface area (Å²) in [6, 6.07) is 18.5. The number of nitrogens with one attached hydrogen (secondary N) is 1. The van der Waals surface area contributed by atoms with Crippen molar-refractivity contribution in [3.63, 3.8) is 0 Å². The molecule has 1 N–H and O–H groups in total. The molecule has 9 heteroatoms. The molecular weight excluding hydrogens is 456 g/mol. The molecule has 0 atom stereocenters. The van der Waals surface area contributed by atoms with Gasteiger partial charge in [-0.25, -0.2) is 5.43 Å². The molecule has 0 aromatic heterocycles. The van der Waals surface area contributed by atoms with Gasteiger partial charge in [-0.1, -0.05) is 23.7 Å². The van der Waals surface area contributed by atoms with E-state index >= 15 is 0 Å². The molecule has 8 nitrogen and oxygen atoms in total. The van der Waals surface area contributed by atoms with Gasteiger partial charge >= 0.3 is 0 Å². The average molecular weight is 481 g/mol. The molecule has 0 aliphatic carbocycles. The molecule has 0 spiro atoms. The Morgan fingerprint density at radius 2 is 1.76 bits per heavy atom. The summed E-state index contributed by atoms with van der Waals surface area (Å²) in [5.41, 5.74) is 5.29. The number of carbonyl (C=O) groups excluding carboxylic acids is 1. The number of amides is 1. The van der Waals surface area contributed by atoms with Gasteiger partial charge in [-0.2, -0.15) is 5.10 Å². The molecule has 0 aliphatic rings. The highest BCUT2D eigenvalue weighted by Gasteiger charge is 2.10. The second-order valence-corrected chi connectivity index (χ2v) is 7.75. The minimum absolute atomic E-state index is 0.0872. The van der Waals surface area contributed by atoms with Crippen molar-refractivity contribution in [3.05, 3.63) is 98.6 Å². The van der Waals surface area contributed by atoms with Gasteiger partial charge < -0.3 is 9.64 Å². The van der Waals surface area contributed by atoms with Crippen LogP contribution in [0.3, 0.4) is 0 Å². The quantitative estimate of drug-likeness (QED) is 0.237. The Labute approximate surface area is 203 Å². The van der Waals surface area contributed by atoms with Crippen molar-refractivity contribution in [2.45, 2.75) is 20.5 Å². The summed E-state index contributed by atoms with van der Waals surface area (Å²) in [5, 5.41) is 15.5. The van der Waals surface area contributed by atoms with Gasteiger partial charge in [-0.3, -0.25) is 14.9 Å². The first kappa shape index (κ1) is 24.7. The number of benzene rings is 3. The Morgan fingerprint density at radius 3 is 2.38 bits per heavy atom. The van der Waals surface area contributed by atoms with Crippen LogP contribution in [0, 0.1) is 10.1 Å². The minimum Gasteiger partial charge on any atom is -0.488 e. The third-order valence-corrected chi connectivity index (χ3v) is 5.40. The fourth-order valence-electron chi connectivity index (χ4n) is 3.24. The van der Waals surface area contributed by atoms with Gasteiger partial charge in [-0.15, -0.1) is 0 Å². The lowest BCUT2D eigenvalue weighted by Crippen LogP contribution is -2.21. The molecule has 0 aliphatic heterocycles. The Morgan fingerprint density at radius 1 is 1.09 bits per heavy atom. The second-order valence-electron chi connectivity index (χ2n) is 7.31. The summed E-state index contributed by atoms with van der Waals surface area (Å²) in [5.74, 6) is 0.141. The molecule has 0 saturated carbocycles. The predicted octanol–water partition coefficient (Wildman–Crippen LogP) is 5.44. The zero-order chi connectivity index (χ0) is 24.5. The van der Waals surface area contributed by atoms with Crippen LogP contribution in [0.4, 0.5) is 11.4 Å². The fraction of sp³-hybridized carbons (Fsp3) is 0.200. The maximum absolute atomic E-state index is 12.3. The van der Waals surface area contributed by atoms with Crippen LogP contribution in [-0.2, 0) is 6.61 Å².